The number of hydrogen-bond donors (Lipinski definition) is 1. The lowest BCUT2D eigenvalue weighted by Crippen LogP contribution is -2.00. The molecule has 2 heterocycles. The van der Waals surface area contributed by atoms with Gasteiger partial charge in [0.25, 0.3) is 0 Å². The van der Waals surface area contributed by atoms with Crippen LogP contribution in [0.4, 0.5) is 5.95 Å². The summed E-state index contributed by atoms with van der Waals surface area (Å²) in [4.78, 5) is 8.54. The van der Waals surface area contributed by atoms with Crippen molar-refractivity contribution in [2.45, 2.75) is 20.4 Å². The van der Waals surface area contributed by atoms with Gasteiger partial charge in [0, 0.05) is 23.1 Å². The Morgan fingerprint density at radius 3 is 2.61 bits per heavy atom. The van der Waals surface area contributed by atoms with Crippen molar-refractivity contribution in [3.63, 3.8) is 0 Å². The number of aryl methyl sites for hydroxylation is 2. The summed E-state index contributed by atoms with van der Waals surface area (Å²) in [6, 6.07) is 12.1. The molecule has 0 unspecified atom stereocenters. The highest BCUT2D eigenvalue weighted by Gasteiger charge is 1.99. The molecule has 23 heavy (non-hydrogen) atoms. The normalized spacial score (nSPS) is 11.0. The lowest BCUT2D eigenvalue weighted by Gasteiger charge is -2.01. The lowest BCUT2D eigenvalue weighted by atomic mass is 10.2. The van der Waals surface area contributed by atoms with E-state index in [4.69, 9.17) is 0 Å². The summed E-state index contributed by atoms with van der Waals surface area (Å²) in [5.41, 5.74) is 6.78. The number of anilines is 1. The molecule has 3 aromatic rings. The first-order valence-electron chi connectivity index (χ1n) is 7.37. The maximum absolute atomic E-state index is 4.33. The molecule has 0 saturated carbocycles. The van der Waals surface area contributed by atoms with E-state index in [0.29, 0.717) is 5.95 Å². The molecule has 6 nitrogen and oxygen atoms in total. The minimum atomic E-state index is 0.496. The van der Waals surface area contributed by atoms with Gasteiger partial charge in [-0.1, -0.05) is 30.3 Å². The highest BCUT2D eigenvalue weighted by molar-refractivity contribution is 5.79. The number of rotatable bonds is 5. The van der Waals surface area contributed by atoms with E-state index in [9.17, 15) is 0 Å². The van der Waals surface area contributed by atoms with Crippen molar-refractivity contribution in [1.82, 2.24) is 19.7 Å². The molecule has 0 atom stereocenters. The second-order valence-electron chi connectivity index (χ2n) is 5.30. The molecule has 0 aliphatic carbocycles. The third-order valence-electron chi connectivity index (χ3n) is 3.20. The standard InChI is InChI=1S/C17H18N6/c1-13-8-14(2)21-17(20-13)22-18-9-16-10-19-23(12-16)11-15-6-4-3-5-7-15/h3-10,12H,11H2,1-2H3,(H,20,21,22)/b18-9-. The van der Waals surface area contributed by atoms with Crippen LogP contribution in [-0.2, 0) is 6.54 Å². The topological polar surface area (TPSA) is 68.0 Å². The number of aromatic nitrogens is 4. The summed E-state index contributed by atoms with van der Waals surface area (Å²) in [6.07, 6.45) is 5.42. The first-order valence-corrected chi connectivity index (χ1v) is 7.37. The van der Waals surface area contributed by atoms with Crippen molar-refractivity contribution in [2.24, 2.45) is 5.10 Å². The summed E-state index contributed by atoms with van der Waals surface area (Å²) < 4.78 is 1.88. The lowest BCUT2D eigenvalue weighted by molar-refractivity contribution is 0.687. The summed E-state index contributed by atoms with van der Waals surface area (Å²) in [7, 11) is 0. The van der Waals surface area contributed by atoms with Gasteiger partial charge in [-0.05, 0) is 25.5 Å². The highest BCUT2D eigenvalue weighted by atomic mass is 15.3. The maximum Gasteiger partial charge on any atom is 0.243 e. The van der Waals surface area contributed by atoms with E-state index in [1.54, 1.807) is 12.4 Å². The van der Waals surface area contributed by atoms with Crippen LogP contribution in [0.15, 0.2) is 53.9 Å². The summed E-state index contributed by atoms with van der Waals surface area (Å²) in [5, 5.41) is 8.49. The fourth-order valence-corrected chi connectivity index (χ4v) is 2.24. The van der Waals surface area contributed by atoms with Crippen LogP contribution in [0.25, 0.3) is 0 Å². The molecule has 116 valence electrons. The zero-order valence-corrected chi connectivity index (χ0v) is 13.1. The van der Waals surface area contributed by atoms with Gasteiger partial charge >= 0.3 is 0 Å². The first-order chi connectivity index (χ1) is 11.2. The molecular weight excluding hydrogens is 288 g/mol. The minimum absolute atomic E-state index is 0.496. The van der Waals surface area contributed by atoms with Crippen LogP contribution >= 0.6 is 0 Å². The van der Waals surface area contributed by atoms with Gasteiger partial charge in [0.15, 0.2) is 0 Å². The minimum Gasteiger partial charge on any atom is -0.268 e. The Morgan fingerprint density at radius 1 is 1.13 bits per heavy atom. The molecule has 0 amide bonds. The maximum atomic E-state index is 4.33. The smallest absolute Gasteiger partial charge is 0.243 e. The molecule has 0 spiro atoms. The molecule has 6 heteroatoms. The van der Waals surface area contributed by atoms with Gasteiger partial charge in [-0.25, -0.2) is 15.4 Å². The second-order valence-corrected chi connectivity index (χ2v) is 5.30. The molecule has 0 radical (unpaired) electrons. The van der Waals surface area contributed by atoms with Crippen molar-refractivity contribution in [2.75, 3.05) is 5.43 Å². The third-order valence-corrected chi connectivity index (χ3v) is 3.20. The number of nitrogens with one attached hydrogen (secondary N) is 1. The van der Waals surface area contributed by atoms with E-state index in [2.05, 4.69) is 37.7 Å². The van der Waals surface area contributed by atoms with Gasteiger partial charge in [-0.2, -0.15) is 10.2 Å². The number of nitrogens with zero attached hydrogens (tertiary/aromatic N) is 5. The monoisotopic (exact) mass is 306 g/mol. The van der Waals surface area contributed by atoms with E-state index < -0.39 is 0 Å². The molecule has 0 aliphatic heterocycles. The van der Waals surface area contributed by atoms with Crippen molar-refractivity contribution >= 4 is 12.2 Å². The summed E-state index contributed by atoms with van der Waals surface area (Å²) >= 11 is 0. The Kier molecular flexibility index (Phi) is 4.42. The van der Waals surface area contributed by atoms with E-state index in [1.807, 2.05) is 49.0 Å². The summed E-state index contributed by atoms with van der Waals surface area (Å²) in [6.45, 7) is 4.59. The SMILES string of the molecule is Cc1cc(C)nc(N/N=C\c2cnn(Cc3ccccc3)c2)n1. The quantitative estimate of drug-likeness (QED) is 0.581. The third kappa shape index (κ3) is 4.23. The zero-order chi connectivity index (χ0) is 16.1. The Balaban J connectivity index is 1.62. The van der Waals surface area contributed by atoms with E-state index >= 15 is 0 Å². The zero-order valence-electron chi connectivity index (χ0n) is 13.1. The molecule has 1 N–H and O–H groups in total. The Bertz CT molecular complexity index is 787. The Labute approximate surface area is 134 Å². The van der Waals surface area contributed by atoms with Crippen LogP contribution in [0.5, 0.6) is 0 Å². The molecule has 0 aliphatic rings. The molecular formula is C17H18N6. The van der Waals surface area contributed by atoms with Gasteiger partial charge in [0.2, 0.25) is 5.95 Å². The Morgan fingerprint density at radius 2 is 1.87 bits per heavy atom. The molecule has 0 bridgehead atoms. The number of benzene rings is 1. The van der Waals surface area contributed by atoms with Crippen LogP contribution in [0, 0.1) is 13.8 Å². The van der Waals surface area contributed by atoms with Crippen molar-refractivity contribution in [3.8, 4) is 0 Å². The van der Waals surface area contributed by atoms with Crippen molar-refractivity contribution in [1.29, 1.82) is 0 Å². The van der Waals surface area contributed by atoms with Gasteiger partial charge in [-0.3, -0.25) is 4.68 Å². The van der Waals surface area contributed by atoms with E-state index in [0.717, 1.165) is 23.5 Å². The van der Waals surface area contributed by atoms with Crippen LogP contribution in [0.2, 0.25) is 0 Å². The van der Waals surface area contributed by atoms with Gasteiger partial charge in [0.1, 0.15) is 0 Å². The van der Waals surface area contributed by atoms with Crippen LogP contribution in [0.3, 0.4) is 0 Å². The molecule has 3 rings (SSSR count). The molecule has 1 aromatic carbocycles. The fraction of sp³-hybridized carbons (Fsp3) is 0.176. The van der Waals surface area contributed by atoms with E-state index in [1.165, 1.54) is 5.56 Å². The van der Waals surface area contributed by atoms with Gasteiger partial charge in [-0.15, -0.1) is 0 Å². The predicted octanol–water partition coefficient (Wildman–Crippen LogP) is 2.78. The van der Waals surface area contributed by atoms with Crippen molar-refractivity contribution in [3.05, 3.63) is 71.3 Å². The van der Waals surface area contributed by atoms with Crippen LogP contribution in [-0.4, -0.2) is 26.0 Å². The molecule has 0 fully saturated rings. The number of hydrazone groups is 1. The Hall–Kier alpha value is -3.02. The number of hydrogen-bond acceptors (Lipinski definition) is 5. The van der Waals surface area contributed by atoms with E-state index in [-0.39, 0.29) is 0 Å². The average molecular weight is 306 g/mol. The van der Waals surface area contributed by atoms with Gasteiger partial charge in [0.05, 0.1) is 19.0 Å². The summed E-state index contributed by atoms with van der Waals surface area (Å²) in [5.74, 6) is 0.496. The molecule has 0 saturated heterocycles. The van der Waals surface area contributed by atoms with Crippen molar-refractivity contribution < 1.29 is 0 Å². The van der Waals surface area contributed by atoms with Crippen LogP contribution < -0.4 is 5.43 Å². The average Bonchev–Trinajstić information content (AvgIpc) is 2.95. The highest BCUT2D eigenvalue weighted by Crippen LogP contribution is 2.05. The largest absolute Gasteiger partial charge is 0.268 e. The fourth-order valence-electron chi connectivity index (χ4n) is 2.24. The van der Waals surface area contributed by atoms with Gasteiger partial charge < -0.3 is 0 Å². The predicted molar refractivity (Wildman–Crippen MR) is 90.5 cm³/mol. The first kappa shape index (κ1) is 14.9. The molecule has 2 aromatic heterocycles. The van der Waals surface area contributed by atoms with Crippen LogP contribution in [0.1, 0.15) is 22.5 Å². The second kappa shape index (κ2) is 6.83.